The van der Waals surface area contributed by atoms with Crippen LogP contribution in [-0.2, 0) is 6.54 Å². The zero-order valence-corrected chi connectivity index (χ0v) is 9.70. The number of furan rings is 1. The molecule has 0 saturated heterocycles. The first kappa shape index (κ1) is 11.3. The molecule has 96 valence electrons. The molecule has 0 saturated carbocycles. The van der Waals surface area contributed by atoms with Gasteiger partial charge in [0.05, 0.1) is 17.6 Å². The largest absolute Gasteiger partial charge is 0.478 e. The van der Waals surface area contributed by atoms with Gasteiger partial charge in [-0.3, -0.25) is 4.57 Å². The Morgan fingerprint density at radius 2 is 2.11 bits per heavy atom. The number of rotatable bonds is 3. The van der Waals surface area contributed by atoms with Crippen molar-refractivity contribution in [3.8, 4) is 0 Å². The van der Waals surface area contributed by atoms with Crippen molar-refractivity contribution in [3.05, 3.63) is 58.5 Å². The van der Waals surface area contributed by atoms with Crippen LogP contribution in [0.5, 0.6) is 0 Å². The Bertz CT molecular complexity index is 808. The number of carboxylic acids is 1. The van der Waals surface area contributed by atoms with E-state index >= 15 is 0 Å². The summed E-state index contributed by atoms with van der Waals surface area (Å²) in [6.07, 6.45) is 1.14. The molecule has 0 aliphatic carbocycles. The van der Waals surface area contributed by atoms with Crippen LogP contribution in [0.4, 0.5) is 0 Å². The van der Waals surface area contributed by atoms with Crippen LogP contribution in [0.3, 0.4) is 0 Å². The van der Waals surface area contributed by atoms with Gasteiger partial charge in [-0.25, -0.2) is 9.59 Å². The fraction of sp³-hybridized carbons (Fsp3) is 0.0769. The molecule has 1 aromatic carbocycles. The fourth-order valence-corrected chi connectivity index (χ4v) is 1.90. The van der Waals surface area contributed by atoms with Gasteiger partial charge in [-0.2, -0.15) is 0 Å². The summed E-state index contributed by atoms with van der Waals surface area (Å²) < 4.78 is 11.6. The van der Waals surface area contributed by atoms with E-state index in [1.165, 1.54) is 10.6 Å². The van der Waals surface area contributed by atoms with E-state index in [1.54, 1.807) is 24.3 Å². The summed E-state index contributed by atoms with van der Waals surface area (Å²) >= 11 is 0. The number of oxazole rings is 1. The first-order valence-electron chi connectivity index (χ1n) is 5.54. The molecule has 19 heavy (non-hydrogen) atoms. The van der Waals surface area contributed by atoms with Crippen LogP contribution in [0.1, 0.15) is 16.1 Å². The second-order valence-electron chi connectivity index (χ2n) is 4.03. The van der Waals surface area contributed by atoms with Gasteiger partial charge in [-0.05, 0) is 18.2 Å². The third-order valence-corrected chi connectivity index (χ3v) is 2.79. The molecule has 0 bridgehead atoms. The number of aromatic nitrogens is 1. The standard InChI is InChI=1S/C13H9NO5/c15-12(16)8-5-9(18-7-8)6-14-10-3-1-2-4-11(10)19-13(14)17/h1-5,7H,6H2,(H,15,16). The van der Waals surface area contributed by atoms with Crippen molar-refractivity contribution in [2.75, 3.05) is 0 Å². The number of carbonyl (C=O) groups is 1. The van der Waals surface area contributed by atoms with E-state index < -0.39 is 11.7 Å². The molecule has 0 spiro atoms. The van der Waals surface area contributed by atoms with Gasteiger partial charge in [0, 0.05) is 0 Å². The molecule has 3 aromatic rings. The summed E-state index contributed by atoms with van der Waals surface area (Å²) in [5.41, 5.74) is 1.18. The van der Waals surface area contributed by atoms with Gasteiger partial charge in [-0.15, -0.1) is 0 Å². The van der Waals surface area contributed by atoms with E-state index in [0.717, 1.165) is 6.26 Å². The highest BCUT2D eigenvalue weighted by Crippen LogP contribution is 2.15. The normalized spacial score (nSPS) is 10.9. The van der Waals surface area contributed by atoms with Gasteiger partial charge in [0.1, 0.15) is 12.0 Å². The molecule has 1 N–H and O–H groups in total. The number of benzene rings is 1. The summed E-state index contributed by atoms with van der Waals surface area (Å²) in [6.45, 7) is 0.128. The monoisotopic (exact) mass is 259 g/mol. The van der Waals surface area contributed by atoms with Crippen LogP contribution in [0.2, 0.25) is 0 Å². The van der Waals surface area contributed by atoms with Crippen LogP contribution in [0, 0.1) is 0 Å². The summed E-state index contributed by atoms with van der Waals surface area (Å²) in [5.74, 6) is -1.19. The molecular weight excluding hydrogens is 250 g/mol. The minimum atomic E-state index is -1.07. The minimum Gasteiger partial charge on any atom is -0.478 e. The second-order valence-corrected chi connectivity index (χ2v) is 4.03. The van der Waals surface area contributed by atoms with Crippen molar-refractivity contribution in [3.63, 3.8) is 0 Å². The number of fused-ring (bicyclic) bond motifs is 1. The van der Waals surface area contributed by atoms with Crippen molar-refractivity contribution in [1.82, 2.24) is 4.57 Å². The summed E-state index contributed by atoms with van der Waals surface area (Å²) in [7, 11) is 0. The van der Waals surface area contributed by atoms with E-state index in [1.807, 2.05) is 0 Å². The van der Waals surface area contributed by atoms with E-state index in [2.05, 4.69) is 0 Å². The Morgan fingerprint density at radius 1 is 1.32 bits per heavy atom. The summed E-state index contributed by atoms with van der Waals surface area (Å²) in [4.78, 5) is 22.5. The van der Waals surface area contributed by atoms with Crippen LogP contribution in [-0.4, -0.2) is 15.6 Å². The lowest BCUT2D eigenvalue weighted by molar-refractivity contribution is 0.0696. The molecule has 0 atom stereocenters. The van der Waals surface area contributed by atoms with Crippen LogP contribution in [0.25, 0.3) is 11.1 Å². The molecule has 6 nitrogen and oxygen atoms in total. The van der Waals surface area contributed by atoms with Gasteiger partial charge >= 0.3 is 11.7 Å². The number of nitrogens with zero attached hydrogens (tertiary/aromatic N) is 1. The smallest absolute Gasteiger partial charge is 0.420 e. The lowest BCUT2D eigenvalue weighted by Gasteiger charge is -1.97. The lowest BCUT2D eigenvalue weighted by Crippen LogP contribution is -2.14. The van der Waals surface area contributed by atoms with Crippen LogP contribution >= 0.6 is 0 Å². The number of aromatic carboxylic acids is 1. The van der Waals surface area contributed by atoms with E-state index in [4.69, 9.17) is 13.9 Å². The molecule has 0 aliphatic rings. The van der Waals surface area contributed by atoms with E-state index in [9.17, 15) is 9.59 Å². The average molecular weight is 259 g/mol. The number of hydrogen-bond acceptors (Lipinski definition) is 4. The Labute approximate surface area is 106 Å². The summed E-state index contributed by atoms with van der Waals surface area (Å²) in [6, 6.07) is 8.39. The van der Waals surface area contributed by atoms with Gasteiger partial charge in [-0.1, -0.05) is 12.1 Å². The first-order valence-corrected chi connectivity index (χ1v) is 5.54. The molecule has 3 rings (SSSR count). The van der Waals surface area contributed by atoms with Crippen molar-refractivity contribution in [2.45, 2.75) is 6.54 Å². The molecule has 0 fully saturated rings. The number of para-hydroxylation sites is 2. The highest BCUT2D eigenvalue weighted by Gasteiger charge is 2.13. The Balaban J connectivity index is 2.03. The number of carboxylic acid groups (broad SMARTS) is 1. The Kier molecular flexibility index (Phi) is 2.49. The Morgan fingerprint density at radius 3 is 2.84 bits per heavy atom. The van der Waals surface area contributed by atoms with Gasteiger partial charge in [0.25, 0.3) is 0 Å². The topological polar surface area (TPSA) is 85.6 Å². The lowest BCUT2D eigenvalue weighted by atomic mass is 10.3. The highest BCUT2D eigenvalue weighted by molar-refractivity contribution is 5.87. The zero-order chi connectivity index (χ0) is 13.4. The van der Waals surface area contributed by atoms with Crippen molar-refractivity contribution < 1.29 is 18.7 Å². The summed E-state index contributed by atoms with van der Waals surface area (Å²) in [5, 5.41) is 8.80. The predicted molar refractivity (Wildman–Crippen MR) is 65.2 cm³/mol. The maximum absolute atomic E-state index is 11.7. The van der Waals surface area contributed by atoms with Gasteiger partial charge in [0.15, 0.2) is 5.58 Å². The molecule has 6 heteroatoms. The van der Waals surface area contributed by atoms with E-state index in [-0.39, 0.29) is 12.1 Å². The van der Waals surface area contributed by atoms with Crippen molar-refractivity contribution in [1.29, 1.82) is 0 Å². The molecule has 2 heterocycles. The third kappa shape index (κ3) is 1.93. The molecule has 0 amide bonds. The molecule has 0 radical (unpaired) electrons. The van der Waals surface area contributed by atoms with Crippen molar-refractivity contribution in [2.24, 2.45) is 0 Å². The van der Waals surface area contributed by atoms with Gasteiger partial charge in [0.2, 0.25) is 0 Å². The molecular formula is C13H9NO5. The second kappa shape index (κ2) is 4.16. The quantitative estimate of drug-likeness (QED) is 0.776. The molecule has 2 aromatic heterocycles. The maximum atomic E-state index is 11.7. The van der Waals surface area contributed by atoms with Crippen LogP contribution < -0.4 is 5.76 Å². The predicted octanol–water partition coefficient (Wildman–Crippen LogP) is 1.93. The molecule has 0 aliphatic heterocycles. The number of hydrogen-bond donors (Lipinski definition) is 1. The minimum absolute atomic E-state index is 0.0517. The first-order chi connectivity index (χ1) is 9.15. The highest BCUT2D eigenvalue weighted by atomic mass is 16.4. The zero-order valence-electron chi connectivity index (χ0n) is 9.70. The van der Waals surface area contributed by atoms with E-state index in [0.29, 0.717) is 16.9 Å². The van der Waals surface area contributed by atoms with Gasteiger partial charge < -0.3 is 13.9 Å². The maximum Gasteiger partial charge on any atom is 0.420 e. The average Bonchev–Trinajstić information content (AvgIpc) is 2.96. The SMILES string of the molecule is O=C(O)c1coc(Cn2c(=O)oc3ccccc32)c1. The van der Waals surface area contributed by atoms with Crippen molar-refractivity contribution >= 4 is 17.1 Å². The molecule has 0 unspecified atom stereocenters. The third-order valence-electron chi connectivity index (χ3n) is 2.79. The fourth-order valence-electron chi connectivity index (χ4n) is 1.90. The van der Waals surface area contributed by atoms with Crippen LogP contribution in [0.15, 0.2) is 50.2 Å². The Hall–Kier alpha value is -2.76.